The van der Waals surface area contributed by atoms with Gasteiger partial charge in [0.15, 0.2) is 18.0 Å². The fraction of sp³-hybridized carbons (Fsp3) is 0.458. The number of anilines is 2. The molecule has 4 aliphatic rings. The summed E-state index contributed by atoms with van der Waals surface area (Å²) < 4.78 is 27.0. The fourth-order valence-corrected chi connectivity index (χ4v) is 5.34. The Kier molecular flexibility index (Phi) is 5.82. The quantitative estimate of drug-likeness (QED) is 0.498. The van der Waals surface area contributed by atoms with Crippen molar-refractivity contribution in [2.75, 3.05) is 36.9 Å². The zero-order chi connectivity index (χ0) is 28.3. The smallest absolute Gasteiger partial charge is 0.329 e. The standard InChI is InChI=1S/C24H23F2N11O3/c1-12(37-11-31-19-17(37)21(39)36(6-4-27)23(40)34(19)2)20(38)33-16-3-5-28-18(32-16)13-7-29-22(30-8-13)35-9-14-15(10-35)24(14,25)26/h3,5,7-8,11-12,14-15,17,19H,6,9-10H2,1-2H3,(H,28,32,33,38)/t12-,14?,15?,17?,19?/m0/s1. The van der Waals surface area contributed by atoms with Crippen LogP contribution in [0.2, 0.25) is 0 Å². The third-order valence-corrected chi connectivity index (χ3v) is 7.75. The summed E-state index contributed by atoms with van der Waals surface area (Å²) in [5.74, 6) is -4.19. The Morgan fingerprint density at radius 2 is 1.93 bits per heavy atom. The number of carbonyl (C=O) groups excluding carboxylic acids is 3. The third-order valence-electron chi connectivity index (χ3n) is 7.75. The molecule has 5 heterocycles. The van der Waals surface area contributed by atoms with E-state index < -0.39 is 60.4 Å². The van der Waals surface area contributed by atoms with E-state index in [1.165, 1.54) is 47.8 Å². The second kappa shape index (κ2) is 9.14. The van der Waals surface area contributed by atoms with Crippen molar-refractivity contribution in [2.24, 2.45) is 16.8 Å². The van der Waals surface area contributed by atoms with E-state index >= 15 is 0 Å². The lowest BCUT2D eigenvalue weighted by molar-refractivity contribution is -0.138. The second-order valence-corrected chi connectivity index (χ2v) is 10.0. The third kappa shape index (κ3) is 3.96. The zero-order valence-electron chi connectivity index (χ0n) is 21.3. The SMILES string of the molecule is C[C@@H](C(=O)Nc1ccnc(-c2cnc(N3CC4C(C3)C4(F)F)nc2)n1)N1C=NC2C1C(=O)N(CC#N)C(=O)N2C. The lowest BCUT2D eigenvalue weighted by Gasteiger charge is -2.41. The van der Waals surface area contributed by atoms with Gasteiger partial charge in [-0.1, -0.05) is 0 Å². The number of likely N-dealkylation sites (N-methyl/N-ethyl adjacent to an activating group) is 1. The van der Waals surface area contributed by atoms with Gasteiger partial charge < -0.3 is 20.0 Å². The number of urea groups is 1. The molecule has 1 aliphatic carbocycles. The van der Waals surface area contributed by atoms with Crippen molar-refractivity contribution in [1.29, 1.82) is 5.26 Å². The van der Waals surface area contributed by atoms with Gasteiger partial charge in [-0.15, -0.1) is 0 Å². The first-order chi connectivity index (χ1) is 19.1. The predicted octanol–water partition coefficient (Wildman–Crippen LogP) is 0.418. The molecule has 14 nitrogen and oxygen atoms in total. The molecule has 3 aliphatic heterocycles. The molecule has 0 spiro atoms. The Morgan fingerprint density at radius 1 is 1.23 bits per heavy atom. The van der Waals surface area contributed by atoms with Crippen LogP contribution in [-0.2, 0) is 9.59 Å². The van der Waals surface area contributed by atoms with E-state index in [1.807, 2.05) is 0 Å². The van der Waals surface area contributed by atoms with Crippen molar-refractivity contribution in [3.63, 3.8) is 0 Å². The highest BCUT2D eigenvalue weighted by Gasteiger charge is 2.72. The summed E-state index contributed by atoms with van der Waals surface area (Å²) in [7, 11) is 1.48. The van der Waals surface area contributed by atoms with Crippen molar-refractivity contribution < 1.29 is 23.2 Å². The zero-order valence-corrected chi connectivity index (χ0v) is 21.3. The van der Waals surface area contributed by atoms with Crippen LogP contribution in [0.1, 0.15) is 6.92 Å². The molecule has 206 valence electrons. The van der Waals surface area contributed by atoms with E-state index in [9.17, 15) is 23.2 Å². The number of halogens is 2. The molecule has 0 aromatic carbocycles. The molecule has 2 saturated heterocycles. The van der Waals surface area contributed by atoms with Gasteiger partial charge >= 0.3 is 6.03 Å². The molecule has 4 amide bonds. The molecule has 0 bridgehead atoms. The predicted molar refractivity (Wildman–Crippen MR) is 134 cm³/mol. The van der Waals surface area contributed by atoms with Gasteiger partial charge in [-0.05, 0) is 13.0 Å². The number of nitrogens with one attached hydrogen (secondary N) is 1. The lowest BCUT2D eigenvalue weighted by atomic mass is 10.1. The highest BCUT2D eigenvalue weighted by Crippen LogP contribution is 2.59. The Labute approximate surface area is 226 Å². The van der Waals surface area contributed by atoms with Crippen molar-refractivity contribution in [3.8, 4) is 17.5 Å². The molecule has 1 N–H and O–H groups in total. The number of aliphatic imine (C=N–C) groups is 1. The summed E-state index contributed by atoms with van der Waals surface area (Å²) in [6, 6.07) is 0.831. The van der Waals surface area contributed by atoms with E-state index in [4.69, 9.17) is 5.26 Å². The summed E-state index contributed by atoms with van der Waals surface area (Å²) in [5, 5.41) is 11.7. The van der Waals surface area contributed by atoms with Crippen LogP contribution in [0, 0.1) is 23.2 Å². The number of hydrogen-bond acceptors (Lipinski definition) is 11. The first-order valence-electron chi connectivity index (χ1n) is 12.5. The van der Waals surface area contributed by atoms with Gasteiger partial charge in [0, 0.05) is 38.7 Å². The number of alkyl halides is 2. The van der Waals surface area contributed by atoms with Crippen LogP contribution in [-0.4, -0.2) is 110 Å². The number of amides is 4. The summed E-state index contributed by atoms with van der Waals surface area (Å²) in [6.45, 7) is 1.59. The number of hydrogen-bond donors (Lipinski definition) is 1. The highest BCUT2D eigenvalue weighted by atomic mass is 19.3. The molecule has 2 aromatic rings. The van der Waals surface area contributed by atoms with Gasteiger partial charge in [-0.25, -0.2) is 43.4 Å². The van der Waals surface area contributed by atoms with Crippen molar-refractivity contribution in [1.82, 2.24) is 34.6 Å². The van der Waals surface area contributed by atoms with Gasteiger partial charge in [0.1, 0.15) is 18.4 Å². The fourth-order valence-electron chi connectivity index (χ4n) is 5.34. The molecule has 3 fully saturated rings. The molecule has 0 radical (unpaired) electrons. The lowest BCUT2D eigenvalue weighted by Crippen LogP contribution is -2.66. The van der Waals surface area contributed by atoms with Crippen molar-refractivity contribution in [3.05, 3.63) is 24.7 Å². The van der Waals surface area contributed by atoms with E-state index in [0.717, 1.165) is 4.90 Å². The highest BCUT2D eigenvalue weighted by molar-refractivity contribution is 6.03. The van der Waals surface area contributed by atoms with Crippen LogP contribution in [0.4, 0.5) is 25.3 Å². The second-order valence-electron chi connectivity index (χ2n) is 10.0. The van der Waals surface area contributed by atoms with Crippen LogP contribution in [0.15, 0.2) is 29.6 Å². The first-order valence-corrected chi connectivity index (χ1v) is 12.5. The number of fused-ring (bicyclic) bond motifs is 2. The average molecular weight is 552 g/mol. The Balaban J connectivity index is 1.12. The van der Waals surface area contributed by atoms with Gasteiger partial charge in [-0.3, -0.25) is 9.59 Å². The topological polar surface area (TPSA) is 164 Å². The number of imide groups is 1. The summed E-state index contributed by atoms with van der Waals surface area (Å²) in [4.78, 5) is 65.2. The van der Waals surface area contributed by atoms with E-state index in [-0.39, 0.29) is 24.7 Å². The minimum absolute atomic E-state index is 0.189. The van der Waals surface area contributed by atoms with Crippen LogP contribution < -0.4 is 10.2 Å². The largest absolute Gasteiger partial charge is 0.340 e. The Hall–Kier alpha value is -4.81. The van der Waals surface area contributed by atoms with Gasteiger partial charge in [0.25, 0.3) is 11.8 Å². The number of rotatable bonds is 6. The number of carbonyl (C=O) groups is 3. The Bertz CT molecular complexity index is 1450. The maximum Gasteiger partial charge on any atom is 0.329 e. The van der Waals surface area contributed by atoms with Crippen molar-refractivity contribution in [2.45, 2.75) is 31.1 Å². The van der Waals surface area contributed by atoms with E-state index in [2.05, 4.69) is 30.2 Å². The van der Waals surface area contributed by atoms with Crippen LogP contribution in [0.5, 0.6) is 0 Å². The number of nitriles is 1. The molecule has 40 heavy (non-hydrogen) atoms. The minimum Gasteiger partial charge on any atom is -0.340 e. The summed E-state index contributed by atoms with van der Waals surface area (Å²) in [6.07, 6.45) is 4.97. The molecular formula is C24H23F2N11O3. The number of piperidine rings is 1. The van der Waals surface area contributed by atoms with Crippen LogP contribution >= 0.6 is 0 Å². The number of aromatic nitrogens is 4. The molecule has 16 heteroatoms. The first kappa shape index (κ1) is 25.5. The van der Waals surface area contributed by atoms with E-state index in [0.29, 0.717) is 11.5 Å². The molecule has 1 saturated carbocycles. The van der Waals surface area contributed by atoms with Gasteiger partial charge in [0.05, 0.1) is 29.8 Å². The molecular weight excluding hydrogens is 528 g/mol. The van der Waals surface area contributed by atoms with Crippen LogP contribution in [0.3, 0.4) is 0 Å². The molecule has 6 rings (SSSR count). The molecule has 2 aromatic heterocycles. The van der Waals surface area contributed by atoms with Crippen molar-refractivity contribution >= 4 is 36.0 Å². The van der Waals surface area contributed by atoms with Gasteiger partial charge in [-0.2, -0.15) is 5.26 Å². The minimum atomic E-state index is -2.59. The maximum atomic E-state index is 13.5. The normalized spacial score (nSPS) is 26.9. The summed E-state index contributed by atoms with van der Waals surface area (Å²) >= 11 is 0. The number of nitrogens with zero attached hydrogens (tertiary/aromatic N) is 10. The molecule has 4 unspecified atom stereocenters. The van der Waals surface area contributed by atoms with E-state index in [1.54, 1.807) is 17.9 Å². The maximum absolute atomic E-state index is 13.5. The average Bonchev–Trinajstić information content (AvgIpc) is 3.38. The molecule has 5 atom stereocenters. The summed E-state index contributed by atoms with van der Waals surface area (Å²) in [5.41, 5.74) is 0.468. The monoisotopic (exact) mass is 551 g/mol. The van der Waals surface area contributed by atoms with Gasteiger partial charge in [0.2, 0.25) is 11.9 Å². The van der Waals surface area contributed by atoms with Crippen LogP contribution in [0.25, 0.3) is 11.4 Å². The Morgan fingerprint density at radius 3 is 2.60 bits per heavy atom.